The summed E-state index contributed by atoms with van der Waals surface area (Å²) in [6.45, 7) is 4.97. The van der Waals surface area contributed by atoms with Gasteiger partial charge in [-0.15, -0.1) is 0 Å². The quantitative estimate of drug-likeness (QED) is 0.738. The molecular formula is C14H14N2. The third-order valence-corrected chi connectivity index (χ3v) is 2.87. The Morgan fingerprint density at radius 1 is 1.38 bits per heavy atom. The van der Waals surface area contributed by atoms with Crippen molar-refractivity contribution < 1.29 is 0 Å². The van der Waals surface area contributed by atoms with Crippen molar-refractivity contribution in [2.45, 2.75) is 20.3 Å². The molecule has 16 heavy (non-hydrogen) atoms. The van der Waals surface area contributed by atoms with Gasteiger partial charge in [0, 0.05) is 16.8 Å². The molecule has 1 heterocycles. The molecule has 2 rings (SSSR count). The lowest BCUT2D eigenvalue weighted by molar-refractivity contribution is 1.16. The maximum absolute atomic E-state index is 9.11. The average Bonchev–Trinajstić information content (AvgIpc) is 2.70. The zero-order valence-electron chi connectivity index (χ0n) is 9.62. The number of hydrogen-bond donors (Lipinski definition) is 0. The molecule has 0 unspecified atom stereocenters. The lowest BCUT2D eigenvalue weighted by Crippen LogP contribution is -2.00. The van der Waals surface area contributed by atoms with Gasteiger partial charge in [-0.2, -0.15) is 5.26 Å². The number of nitrogens with zero attached hydrogens (tertiary/aromatic N) is 2. The van der Waals surface area contributed by atoms with Crippen LogP contribution in [0.25, 0.3) is 5.57 Å². The number of allylic oxidation sites excluding steroid dienone is 1. The van der Waals surface area contributed by atoms with E-state index in [0.717, 1.165) is 29.8 Å². The molecule has 2 heteroatoms. The first-order valence-corrected chi connectivity index (χ1v) is 5.51. The first-order valence-electron chi connectivity index (χ1n) is 5.51. The van der Waals surface area contributed by atoms with Gasteiger partial charge in [0.2, 0.25) is 0 Å². The SMILES string of the molecule is CCC1=NCC(C)=C1c1ccccc1C#N. The molecule has 1 aromatic rings. The molecule has 0 fully saturated rings. The van der Waals surface area contributed by atoms with Crippen LogP contribution in [-0.4, -0.2) is 12.3 Å². The summed E-state index contributed by atoms with van der Waals surface area (Å²) >= 11 is 0. The number of hydrogen-bond acceptors (Lipinski definition) is 2. The van der Waals surface area contributed by atoms with E-state index in [1.54, 1.807) is 0 Å². The summed E-state index contributed by atoms with van der Waals surface area (Å²) < 4.78 is 0. The van der Waals surface area contributed by atoms with Crippen LogP contribution in [0.15, 0.2) is 34.8 Å². The van der Waals surface area contributed by atoms with E-state index in [1.807, 2.05) is 24.3 Å². The van der Waals surface area contributed by atoms with Crippen molar-refractivity contribution >= 4 is 11.3 Å². The summed E-state index contributed by atoms with van der Waals surface area (Å²) in [6, 6.07) is 9.99. The zero-order chi connectivity index (χ0) is 11.5. The molecule has 80 valence electrons. The molecule has 0 radical (unpaired) electrons. The van der Waals surface area contributed by atoms with Crippen molar-refractivity contribution in [3.63, 3.8) is 0 Å². The van der Waals surface area contributed by atoms with E-state index >= 15 is 0 Å². The third kappa shape index (κ3) is 1.65. The summed E-state index contributed by atoms with van der Waals surface area (Å²) in [5.41, 5.74) is 5.33. The van der Waals surface area contributed by atoms with Gasteiger partial charge >= 0.3 is 0 Å². The Hall–Kier alpha value is -1.88. The minimum atomic E-state index is 0.736. The van der Waals surface area contributed by atoms with E-state index < -0.39 is 0 Å². The summed E-state index contributed by atoms with van der Waals surface area (Å²) in [5, 5.41) is 9.11. The number of benzene rings is 1. The van der Waals surface area contributed by atoms with Crippen molar-refractivity contribution in [1.82, 2.24) is 0 Å². The monoisotopic (exact) mass is 210 g/mol. The Kier molecular flexibility index (Phi) is 2.87. The largest absolute Gasteiger partial charge is 0.285 e. The molecule has 0 saturated carbocycles. The number of aliphatic imine (C=N–C) groups is 1. The second-order valence-electron chi connectivity index (χ2n) is 3.93. The molecule has 0 atom stereocenters. The van der Waals surface area contributed by atoms with Crippen LogP contribution in [0, 0.1) is 11.3 Å². The highest BCUT2D eigenvalue weighted by molar-refractivity contribution is 6.26. The molecule has 0 aliphatic carbocycles. The van der Waals surface area contributed by atoms with Crippen LogP contribution in [-0.2, 0) is 0 Å². The highest BCUT2D eigenvalue weighted by atomic mass is 14.8. The van der Waals surface area contributed by atoms with Crippen molar-refractivity contribution in [3.05, 3.63) is 41.0 Å². The van der Waals surface area contributed by atoms with Gasteiger partial charge in [-0.05, 0) is 25.0 Å². The van der Waals surface area contributed by atoms with E-state index in [4.69, 9.17) is 5.26 Å². The number of nitriles is 1. The predicted molar refractivity (Wildman–Crippen MR) is 66.3 cm³/mol. The molecular weight excluding hydrogens is 196 g/mol. The van der Waals surface area contributed by atoms with Gasteiger partial charge in [0.1, 0.15) is 0 Å². The lowest BCUT2D eigenvalue weighted by Gasteiger charge is -2.08. The lowest BCUT2D eigenvalue weighted by atomic mass is 9.93. The summed E-state index contributed by atoms with van der Waals surface area (Å²) in [5.74, 6) is 0. The maximum atomic E-state index is 9.11. The Labute approximate surface area is 95.9 Å². The molecule has 1 aliphatic heterocycles. The Morgan fingerprint density at radius 2 is 2.12 bits per heavy atom. The summed E-state index contributed by atoms with van der Waals surface area (Å²) in [7, 11) is 0. The fraction of sp³-hybridized carbons (Fsp3) is 0.286. The molecule has 0 saturated heterocycles. The second-order valence-corrected chi connectivity index (χ2v) is 3.93. The van der Waals surface area contributed by atoms with Crippen LogP contribution < -0.4 is 0 Å². The molecule has 1 aromatic carbocycles. The molecule has 0 N–H and O–H groups in total. The Balaban J connectivity index is 2.57. The zero-order valence-corrected chi connectivity index (χ0v) is 9.62. The Morgan fingerprint density at radius 3 is 2.81 bits per heavy atom. The van der Waals surface area contributed by atoms with E-state index in [9.17, 15) is 0 Å². The molecule has 1 aliphatic rings. The van der Waals surface area contributed by atoms with Crippen molar-refractivity contribution in [2.24, 2.45) is 4.99 Å². The van der Waals surface area contributed by atoms with Gasteiger partial charge in [-0.1, -0.05) is 25.1 Å². The third-order valence-electron chi connectivity index (χ3n) is 2.87. The fourth-order valence-electron chi connectivity index (χ4n) is 2.09. The van der Waals surface area contributed by atoms with Gasteiger partial charge in [0.15, 0.2) is 0 Å². The van der Waals surface area contributed by atoms with Gasteiger partial charge in [0.25, 0.3) is 0 Å². The molecule has 0 spiro atoms. The van der Waals surface area contributed by atoms with Gasteiger partial charge in [-0.3, -0.25) is 4.99 Å². The van der Waals surface area contributed by atoms with Crippen molar-refractivity contribution in [3.8, 4) is 6.07 Å². The molecule has 0 amide bonds. The van der Waals surface area contributed by atoms with E-state index in [1.165, 1.54) is 11.1 Å². The molecule has 0 bridgehead atoms. The average molecular weight is 210 g/mol. The van der Waals surface area contributed by atoms with Gasteiger partial charge in [0.05, 0.1) is 18.2 Å². The van der Waals surface area contributed by atoms with E-state index in [2.05, 4.69) is 24.9 Å². The van der Waals surface area contributed by atoms with Crippen LogP contribution in [0.4, 0.5) is 0 Å². The maximum Gasteiger partial charge on any atom is 0.0998 e. The number of rotatable bonds is 2. The highest BCUT2D eigenvalue weighted by Gasteiger charge is 2.18. The van der Waals surface area contributed by atoms with Crippen molar-refractivity contribution in [1.29, 1.82) is 5.26 Å². The second kappa shape index (κ2) is 4.32. The minimum absolute atomic E-state index is 0.736. The van der Waals surface area contributed by atoms with Crippen LogP contribution in [0.1, 0.15) is 31.4 Å². The molecule has 2 nitrogen and oxygen atoms in total. The van der Waals surface area contributed by atoms with Gasteiger partial charge in [-0.25, -0.2) is 0 Å². The van der Waals surface area contributed by atoms with Crippen LogP contribution in [0.3, 0.4) is 0 Å². The topological polar surface area (TPSA) is 36.1 Å². The first kappa shape index (κ1) is 10.6. The predicted octanol–water partition coefficient (Wildman–Crippen LogP) is 3.20. The smallest absolute Gasteiger partial charge is 0.0998 e. The van der Waals surface area contributed by atoms with Crippen LogP contribution in [0.5, 0.6) is 0 Å². The molecule has 0 aromatic heterocycles. The van der Waals surface area contributed by atoms with Gasteiger partial charge < -0.3 is 0 Å². The van der Waals surface area contributed by atoms with Crippen LogP contribution >= 0.6 is 0 Å². The summed E-state index contributed by atoms with van der Waals surface area (Å²) in [4.78, 5) is 4.50. The standard InChI is InChI=1S/C14H14N2/c1-3-13-14(10(2)9-16-13)12-7-5-4-6-11(12)8-15/h4-7H,3,9H2,1-2H3. The van der Waals surface area contributed by atoms with Crippen molar-refractivity contribution in [2.75, 3.05) is 6.54 Å². The summed E-state index contributed by atoms with van der Waals surface area (Å²) in [6.07, 6.45) is 0.923. The van der Waals surface area contributed by atoms with E-state index in [0.29, 0.717) is 0 Å². The fourth-order valence-corrected chi connectivity index (χ4v) is 2.09. The van der Waals surface area contributed by atoms with Crippen LogP contribution in [0.2, 0.25) is 0 Å². The Bertz CT molecular complexity index is 516. The minimum Gasteiger partial charge on any atom is -0.285 e. The normalized spacial score (nSPS) is 14.9. The first-order chi connectivity index (χ1) is 7.77. The highest BCUT2D eigenvalue weighted by Crippen LogP contribution is 2.29. The van der Waals surface area contributed by atoms with E-state index in [-0.39, 0.29) is 0 Å².